The molecule has 0 heterocycles. The quantitative estimate of drug-likeness (QED) is 0.254. The SMILES string of the molecule is O.O=S(=O)(O)O.O=S(=O)(O)O.[AlH3].[AlH3].[H-].[H-].[Mg+2]. The van der Waals surface area contributed by atoms with E-state index in [2.05, 4.69) is 0 Å². The first-order valence-electron chi connectivity index (χ1n) is 1.40. The Bertz CT molecular complexity index is 226. The predicted molar refractivity (Wildman–Crippen MR) is 59.8 cm³/mol. The average Bonchev–Trinajstić information content (AvgIpc) is 1.12. The van der Waals surface area contributed by atoms with Crippen molar-refractivity contribution < 1.29 is 43.4 Å². The molecule has 0 amide bonds. The second kappa shape index (κ2) is 14.5. The maximum Gasteiger partial charge on any atom is 2.00 e. The Morgan fingerprint density at radius 2 is 0.714 bits per heavy atom. The third-order valence-electron chi connectivity index (χ3n) is 0. The minimum atomic E-state index is -4.67. The minimum absolute atomic E-state index is 0. The van der Waals surface area contributed by atoms with Crippen molar-refractivity contribution in [3.63, 3.8) is 0 Å². The van der Waals surface area contributed by atoms with Crippen LogP contribution in [0.15, 0.2) is 0 Å². The summed E-state index contributed by atoms with van der Waals surface area (Å²) in [7, 11) is -9.33. The van der Waals surface area contributed by atoms with Crippen LogP contribution in [-0.4, -0.2) is 98.3 Å². The van der Waals surface area contributed by atoms with Gasteiger partial charge in [0, 0.05) is 0 Å². The zero-order valence-electron chi connectivity index (χ0n) is 7.45. The number of hydrogen-bond donors (Lipinski definition) is 4. The van der Waals surface area contributed by atoms with E-state index in [4.69, 9.17) is 35.0 Å². The topological polar surface area (TPSA) is 181 Å². The van der Waals surface area contributed by atoms with E-state index in [-0.39, 0.29) is 66.1 Å². The normalized spacial score (nSPS) is 8.29. The van der Waals surface area contributed by atoms with Crippen LogP contribution in [0.1, 0.15) is 2.85 Å². The van der Waals surface area contributed by atoms with Gasteiger partial charge >= 0.3 is 43.9 Å². The van der Waals surface area contributed by atoms with Crippen molar-refractivity contribution in [3.05, 3.63) is 0 Å². The number of hydrogen-bond acceptors (Lipinski definition) is 4. The molecule has 9 nitrogen and oxygen atoms in total. The second-order valence-corrected chi connectivity index (χ2v) is 2.69. The largest absolute Gasteiger partial charge is 2.00 e. The van der Waals surface area contributed by atoms with Gasteiger partial charge in [-0.25, -0.2) is 0 Å². The van der Waals surface area contributed by atoms with Crippen LogP contribution >= 0.6 is 0 Å². The van der Waals surface area contributed by atoms with Gasteiger partial charge in [0.05, 0.1) is 0 Å². The summed E-state index contributed by atoms with van der Waals surface area (Å²) >= 11 is 0. The summed E-state index contributed by atoms with van der Waals surface area (Å²) in [6.45, 7) is 0. The minimum Gasteiger partial charge on any atom is -1.00 e. The van der Waals surface area contributed by atoms with E-state index >= 15 is 0 Å². The molecule has 14 heavy (non-hydrogen) atoms. The predicted octanol–water partition coefficient (Wildman–Crippen LogP) is -4.65. The smallest absolute Gasteiger partial charge is 1.00 e. The van der Waals surface area contributed by atoms with Crippen molar-refractivity contribution in [2.24, 2.45) is 0 Å². The van der Waals surface area contributed by atoms with Crippen LogP contribution in [0, 0.1) is 0 Å². The van der Waals surface area contributed by atoms with Gasteiger partial charge in [0.1, 0.15) is 0 Å². The first kappa shape index (κ1) is 36.1. The van der Waals surface area contributed by atoms with Crippen molar-refractivity contribution in [3.8, 4) is 0 Å². The van der Waals surface area contributed by atoms with Gasteiger partial charge in [0.25, 0.3) is 0 Å². The maximum absolute atomic E-state index is 8.74. The summed E-state index contributed by atoms with van der Waals surface area (Å²) in [5.74, 6) is 0. The summed E-state index contributed by atoms with van der Waals surface area (Å²) in [5.41, 5.74) is 0. The first-order valence-corrected chi connectivity index (χ1v) is 4.19. The van der Waals surface area contributed by atoms with E-state index in [0.29, 0.717) is 0 Å². The van der Waals surface area contributed by atoms with Gasteiger partial charge in [-0.15, -0.1) is 0 Å². The van der Waals surface area contributed by atoms with Crippen LogP contribution in [0.25, 0.3) is 0 Å². The Morgan fingerprint density at radius 3 is 0.714 bits per heavy atom. The van der Waals surface area contributed by atoms with Crippen LogP contribution in [0.3, 0.4) is 0 Å². The molecule has 0 aliphatic heterocycles. The van der Waals surface area contributed by atoms with Crippen LogP contribution in [-0.2, 0) is 20.8 Å². The second-order valence-electron chi connectivity index (χ2n) is 0.896. The monoisotopic (exact) mass is 300 g/mol. The van der Waals surface area contributed by atoms with Crippen LogP contribution in [0.2, 0.25) is 0 Å². The summed E-state index contributed by atoms with van der Waals surface area (Å²) in [5, 5.41) is 0. The van der Waals surface area contributed by atoms with E-state index in [1.165, 1.54) is 0 Å². The molecule has 0 rings (SSSR count). The van der Waals surface area contributed by atoms with E-state index in [9.17, 15) is 0 Å². The van der Waals surface area contributed by atoms with Crippen molar-refractivity contribution in [2.45, 2.75) is 0 Å². The summed E-state index contributed by atoms with van der Waals surface area (Å²) < 4.78 is 63.2. The van der Waals surface area contributed by atoms with Crippen molar-refractivity contribution in [1.82, 2.24) is 0 Å². The van der Waals surface area contributed by atoms with Crippen molar-refractivity contribution in [2.75, 3.05) is 0 Å². The Kier molecular flexibility index (Phi) is 37.5. The van der Waals surface area contributed by atoms with Gasteiger partial charge in [0.2, 0.25) is 0 Å². The molecular formula is H14Al2MgO9S2. The van der Waals surface area contributed by atoms with Gasteiger partial charge in [0.15, 0.2) is 34.7 Å². The Hall–Kier alpha value is 1.53. The van der Waals surface area contributed by atoms with E-state index in [1.54, 1.807) is 0 Å². The fraction of sp³-hybridized carbons (Fsp3) is 0. The van der Waals surface area contributed by atoms with Gasteiger partial charge in [-0.2, -0.15) is 16.8 Å². The van der Waals surface area contributed by atoms with Gasteiger partial charge in [-0.05, 0) is 0 Å². The fourth-order valence-electron chi connectivity index (χ4n) is 0. The third-order valence-corrected chi connectivity index (χ3v) is 0. The van der Waals surface area contributed by atoms with Crippen LogP contribution in [0.5, 0.6) is 0 Å². The molecule has 0 aliphatic rings. The molecule has 0 spiro atoms. The molecule has 0 aliphatic carbocycles. The summed E-state index contributed by atoms with van der Waals surface area (Å²) in [6, 6.07) is 0. The summed E-state index contributed by atoms with van der Waals surface area (Å²) in [6.07, 6.45) is 0. The van der Waals surface area contributed by atoms with Crippen LogP contribution in [0.4, 0.5) is 0 Å². The molecule has 0 aromatic rings. The molecule has 0 radical (unpaired) electrons. The van der Waals surface area contributed by atoms with Gasteiger partial charge in [-0.1, -0.05) is 0 Å². The van der Waals surface area contributed by atoms with E-state index in [0.717, 1.165) is 0 Å². The van der Waals surface area contributed by atoms with Gasteiger partial charge in [-0.3, -0.25) is 18.2 Å². The molecule has 0 saturated heterocycles. The van der Waals surface area contributed by atoms with Gasteiger partial charge < -0.3 is 8.33 Å². The zero-order chi connectivity index (χ0) is 9.00. The molecule has 0 aromatic carbocycles. The maximum atomic E-state index is 8.74. The molecular weight excluding hydrogens is 286 g/mol. The van der Waals surface area contributed by atoms with Crippen LogP contribution < -0.4 is 0 Å². The summed E-state index contributed by atoms with van der Waals surface area (Å²) in [4.78, 5) is 0. The molecule has 88 valence electrons. The molecule has 0 aromatic heterocycles. The Morgan fingerprint density at radius 1 is 0.714 bits per heavy atom. The molecule has 0 fully saturated rings. The molecule has 0 saturated carbocycles. The molecule has 0 atom stereocenters. The zero-order valence-corrected chi connectivity index (χ0v) is 8.49. The molecule has 0 unspecified atom stereocenters. The number of rotatable bonds is 0. The average molecular weight is 301 g/mol. The Labute approximate surface area is 121 Å². The fourth-order valence-corrected chi connectivity index (χ4v) is 0. The third kappa shape index (κ3) is 906. The van der Waals surface area contributed by atoms with E-state index < -0.39 is 20.8 Å². The van der Waals surface area contributed by atoms with Crippen molar-refractivity contribution >= 4 is 78.6 Å². The van der Waals surface area contributed by atoms with E-state index in [1.807, 2.05) is 0 Å². The molecule has 0 bridgehead atoms. The molecule has 6 N–H and O–H groups in total. The molecule has 14 heteroatoms. The standard InChI is InChI=1S/2Al.Mg.2H2O4S.H2O.8H/c;;;2*1-5(2,3)4;;;;;;;;;/h;;;2*(H2,1,2,3,4);1H2;;;;;;;;/q;;+2;;;;;;;;;;2*-1. The first-order chi connectivity index (χ1) is 4.00. The van der Waals surface area contributed by atoms with Crippen molar-refractivity contribution in [1.29, 1.82) is 0 Å². The Balaban J connectivity index is -0.00000000970.